The summed E-state index contributed by atoms with van der Waals surface area (Å²) in [6.07, 6.45) is 1.91. The molecule has 1 fully saturated rings. The Hall–Kier alpha value is -2.60. The van der Waals surface area contributed by atoms with E-state index in [1.165, 1.54) is 11.1 Å². The molecule has 1 aromatic heterocycles. The summed E-state index contributed by atoms with van der Waals surface area (Å²) in [5.74, 6) is 1.96. The van der Waals surface area contributed by atoms with Gasteiger partial charge in [0.25, 0.3) is 0 Å². The molecule has 0 unspecified atom stereocenters. The molecule has 28 heavy (non-hydrogen) atoms. The van der Waals surface area contributed by atoms with E-state index in [1.54, 1.807) is 0 Å². The molecule has 1 saturated heterocycles. The van der Waals surface area contributed by atoms with Gasteiger partial charge in [0.1, 0.15) is 5.82 Å². The van der Waals surface area contributed by atoms with Crippen LogP contribution in [0.25, 0.3) is 0 Å². The number of nitrogens with zero attached hydrogens (tertiary/aromatic N) is 5. The van der Waals surface area contributed by atoms with Crippen LogP contribution in [0, 0.1) is 0 Å². The molecule has 1 N–H and O–H groups in total. The van der Waals surface area contributed by atoms with E-state index in [0.29, 0.717) is 0 Å². The number of rotatable bonds is 6. The normalized spacial score (nSPS) is 15.5. The molecule has 3 rings (SSSR count). The van der Waals surface area contributed by atoms with Gasteiger partial charge in [-0.25, -0.2) is 4.98 Å². The van der Waals surface area contributed by atoms with Crippen molar-refractivity contribution < 1.29 is 0 Å². The quantitative estimate of drug-likeness (QED) is 0.616. The molecule has 1 aliphatic heterocycles. The number of guanidine groups is 1. The lowest BCUT2D eigenvalue weighted by molar-refractivity contribution is 0.270. The van der Waals surface area contributed by atoms with Gasteiger partial charge in [0.05, 0.1) is 0 Å². The molecule has 2 aromatic rings. The minimum absolute atomic E-state index is 0.732. The van der Waals surface area contributed by atoms with Gasteiger partial charge in [0.15, 0.2) is 5.96 Å². The third-order valence-corrected chi connectivity index (χ3v) is 5.24. The van der Waals surface area contributed by atoms with Crippen molar-refractivity contribution in [2.24, 2.45) is 4.99 Å². The molecule has 150 valence electrons. The maximum absolute atomic E-state index is 4.59. The van der Waals surface area contributed by atoms with Crippen molar-refractivity contribution in [3.63, 3.8) is 0 Å². The zero-order valence-electron chi connectivity index (χ0n) is 17.3. The van der Waals surface area contributed by atoms with Crippen molar-refractivity contribution in [1.29, 1.82) is 0 Å². The molecular weight excluding hydrogens is 348 g/mol. The minimum Gasteiger partial charge on any atom is -0.354 e. The van der Waals surface area contributed by atoms with Gasteiger partial charge in [-0.05, 0) is 29.8 Å². The number of anilines is 1. The lowest BCUT2D eigenvalue weighted by Gasteiger charge is -2.34. The minimum atomic E-state index is 0.732. The van der Waals surface area contributed by atoms with Gasteiger partial charge in [-0.1, -0.05) is 37.3 Å². The summed E-state index contributed by atoms with van der Waals surface area (Å²) in [5, 5.41) is 3.47. The number of hydrogen-bond donors (Lipinski definition) is 1. The van der Waals surface area contributed by atoms with Crippen LogP contribution in [0.2, 0.25) is 0 Å². The van der Waals surface area contributed by atoms with Crippen molar-refractivity contribution in [1.82, 2.24) is 20.1 Å². The summed E-state index contributed by atoms with van der Waals surface area (Å²) in [5.41, 5.74) is 2.49. The highest BCUT2D eigenvalue weighted by molar-refractivity contribution is 5.79. The number of hydrogen-bond acceptors (Lipinski definition) is 4. The fourth-order valence-electron chi connectivity index (χ4n) is 3.53. The van der Waals surface area contributed by atoms with E-state index >= 15 is 0 Å². The number of nitrogens with one attached hydrogen (secondary N) is 1. The number of pyridine rings is 1. The Bertz CT molecular complexity index is 753. The van der Waals surface area contributed by atoms with E-state index in [-0.39, 0.29) is 0 Å². The van der Waals surface area contributed by atoms with Crippen LogP contribution in [0.4, 0.5) is 5.82 Å². The standard InChI is InChI=1S/C22H32N6/c1-4-27-12-14-28(15-13-27)21-16-20(10-11-24-21)17-25-22(23-2)26(3)18-19-8-6-5-7-9-19/h5-11,16H,4,12-15,17-18H2,1-3H3,(H,23,25). The maximum Gasteiger partial charge on any atom is 0.193 e. The van der Waals surface area contributed by atoms with Gasteiger partial charge in [-0.3, -0.25) is 4.99 Å². The summed E-state index contributed by atoms with van der Waals surface area (Å²) < 4.78 is 0. The molecule has 0 atom stereocenters. The SMILES string of the molecule is CCN1CCN(c2cc(CNC(=NC)N(C)Cc3ccccc3)ccn2)CC1. The number of aromatic nitrogens is 1. The number of piperazine rings is 1. The molecule has 2 heterocycles. The number of likely N-dealkylation sites (N-methyl/N-ethyl adjacent to an activating group) is 1. The second kappa shape index (κ2) is 10.1. The summed E-state index contributed by atoms with van der Waals surface area (Å²) >= 11 is 0. The molecular formula is C22H32N6. The monoisotopic (exact) mass is 380 g/mol. The molecule has 0 radical (unpaired) electrons. The lowest BCUT2D eigenvalue weighted by Crippen LogP contribution is -2.46. The van der Waals surface area contributed by atoms with Crippen molar-refractivity contribution in [2.75, 3.05) is 51.7 Å². The van der Waals surface area contributed by atoms with Gasteiger partial charge in [-0.2, -0.15) is 0 Å². The summed E-state index contributed by atoms with van der Waals surface area (Å²) in [6.45, 7) is 9.20. The third-order valence-electron chi connectivity index (χ3n) is 5.24. The fourth-order valence-corrected chi connectivity index (χ4v) is 3.53. The first-order valence-electron chi connectivity index (χ1n) is 10.1. The Kier molecular flexibility index (Phi) is 7.25. The summed E-state index contributed by atoms with van der Waals surface area (Å²) in [4.78, 5) is 16.0. The maximum atomic E-state index is 4.59. The highest BCUT2D eigenvalue weighted by atomic mass is 15.3. The van der Waals surface area contributed by atoms with E-state index in [2.05, 4.69) is 80.4 Å². The zero-order chi connectivity index (χ0) is 19.8. The molecule has 0 spiro atoms. The first kappa shape index (κ1) is 20.1. The highest BCUT2D eigenvalue weighted by Gasteiger charge is 2.17. The molecule has 0 amide bonds. The Morgan fingerprint density at radius 1 is 1.11 bits per heavy atom. The van der Waals surface area contributed by atoms with Crippen LogP contribution < -0.4 is 10.2 Å². The Balaban J connectivity index is 1.56. The van der Waals surface area contributed by atoms with E-state index in [9.17, 15) is 0 Å². The van der Waals surface area contributed by atoms with Crippen LogP contribution in [0.1, 0.15) is 18.1 Å². The van der Waals surface area contributed by atoms with E-state index in [0.717, 1.165) is 57.6 Å². The van der Waals surface area contributed by atoms with Gasteiger partial charge in [0, 0.05) is 59.6 Å². The average molecular weight is 381 g/mol. The fraction of sp³-hybridized carbons (Fsp3) is 0.455. The molecule has 0 bridgehead atoms. The van der Waals surface area contributed by atoms with Gasteiger partial charge >= 0.3 is 0 Å². The van der Waals surface area contributed by atoms with Crippen molar-refractivity contribution in [3.05, 3.63) is 59.8 Å². The van der Waals surface area contributed by atoms with Crippen molar-refractivity contribution >= 4 is 11.8 Å². The van der Waals surface area contributed by atoms with E-state index < -0.39 is 0 Å². The Labute approximate surface area is 168 Å². The molecule has 0 saturated carbocycles. The van der Waals surface area contributed by atoms with E-state index in [1.807, 2.05) is 19.3 Å². The van der Waals surface area contributed by atoms with Gasteiger partial charge < -0.3 is 20.0 Å². The predicted octanol–water partition coefficient (Wildman–Crippen LogP) is 2.43. The molecule has 1 aliphatic rings. The van der Waals surface area contributed by atoms with Crippen molar-refractivity contribution in [3.8, 4) is 0 Å². The Morgan fingerprint density at radius 3 is 2.54 bits per heavy atom. The second-order valence-electron chi connectivity index (χ2n) is 7.19. The van der Waals surface area contributed by atoms with Crippen LogP contribution in [-0.4, -0.2) is 67.6 Å². The zero-order valence-corrected chi connectivity index (χ0v) is 17.3. The average Bonchev–Trinajstić information content (AvgIpc) is 2.75. The molecule has 1 aromatic carbocycles. The first-order chi connectivity index (χ1) is 13.7. The van der Waals surface area contributed by atoms with Crippen LogP contribution in [0.3, 0.4) is 0 Å². The summed E-state index contributed by atoms with van der Waals surface area (Å²) in [6, 6.07) is 14.7. The Morgan fingerprint density at radius 2 is 1.86 bits per heavy atom. The molecule has 0 aliphatic carbocycles. The third kappa shape index (κ3) is 5.45. The largest absolute Gasteiger partial charge is 0.354 e. The van der Waals surface area contributed by atoms with Crippen LogP contribution in [0.5, 0.6) is 0 Å². The topological polar surface area (TPSA) is 47.0 Å². The van der Waals surface area contributed by atoms with Crippen LogP contribution in [-0.2, 0) is 13.1 Å². The number of benzene rings is 1. The highest BCUT2D eigenvalue weighted by Crippen LogP contribution is 2.15. The smallest absolute Gasteiger partial charge is 0.193 e. The van der Waals surface area contributed by atoms with Gasteiger partial charge in [-0.15, -0.1) is 0 Å². The van der Waals surface area contributed by atoms with E-state index in [4.69, 9.17) is 0 Å². The summed E-state index contributed by atoms with van der Waals surface area (Å²) in [7, 11) is 3.89. The number of aliphatic imine (C=N–C) groups is 1. The van der Waals surface area contributed by atoms with Crippen molar-refractivity contribution in [2.45, 2.75) is 20.0 Å². The molecule has 6 heteroatoms. The van der Waals surface area contributed by atoms with Gasteiger partial charge in [0.2, 0.25) is 0 Å². The lowest BCUT2D eigenvalue weighted by atomic mass is 10.2. The van der Waals surface area contributed by atoms with Crippen LogP contribution in [0.15, 0.2) is 53.7 Å². The van der Waals surface area contributed by atoms with Crippen LogP contribution >= 0.6 is 0 Å². The predicted molar refractivity (Wildman–Crippen MR) is 117 cm³/mol. The first-order valence-corrected chi connectivity index (χ1v) is 10.1. The molecule has 6 nitrogen and oxygen atoms in total. The second-order valence-corrected chi connectivity index (χ2v) is 7.19.